The summed E-state index contributed by atoms with van der Waals surface area (Å²) in [6.07, 6.45) is 7.28. The van der Waals surface area contributed by atoms with Gasteiger partial charge in [0.15, 0.2) is 0 Å². The molecule has 1 aromatic carbocycles. The first-order chi connectivity index (χ1) is 9.78. The Hall–Kier alpha value is -1.71. The lowest BCUT2D eigenvalue weighted by atomic mass is 10.3. The van der Waals surface area contributed by atoms with Crippen molar-refractivity contribution in [2.24, 2.45) is 0 Å². The molecule has 1 aromatic rings. The number of urea groups is 1. The summed E-state index contributed by atoms with van der Waals surface area (Å²) in [5.41, 5.74) is 0.790. The highest BCUT2D eigenvalue weighted by molar-refractivity contribution is 5.89. The van der Waals surface area contributed by atoms with E-state index in [0.717, 1.165) is 37.1 Å². The van der Waals surface area contributed by atoms with Crippen LogP contribution in [0.5, 0.6) is 5.75 Å². The molecule has 1 aliphatic rings. The van der Waals surface area contributed by atoms with E-state index >= 15 is 0 Å². The lowest BCUT2D eigenvalue weighted by molar-refractivity contribution is 0.210. The fraction of sp³-hybridized carbons (Fsp3) is 0.562. The van der Waals surface area contributed by atoms with E-state index in [-0.39, 0.29) is 6.03 Å². The first kappa shape index (κ1) is 14.7. The van der Waals surface area contributed by atoms with E-state index in [0.29, 0.717) is 12.6 Å². The second-order valence-electron chi connectivity index (χ2n) is 5.28. The summed E-state index contributed by atoms with van der Waals surface area (Å²) in [5.74, 6) is 0.883. The summed E-state index contributed by atoms with van der Waals surface area (Å²) >= 11 is 0. The van der Waals surface area contributed by atoms with Crippen LogP contribution >= 0.6 is 0 Å². The number of carbonyl (C=O) groups is 1. The topological polar surface area (TPSA) is 50.4 Å². The predicted octanol–water partition coefficient (Wildman–Crippen LogP) is 3.93. The standard InChI is InChI=1S/C16H24N2O2/c1-2-3-12-17-16(19)18-13-8-10-15(11-9-13)20-14-6-4-5-7-14/h8-11,14H,2-7,12H2,1H3,(H2,17,18,19). The van der Waals surface area contributed by atoms with Crippen LogP contribution in [0.15, 0.2) is 24.3 Å². The first-order valence-electron chi connectivity index (χ1n) is 7.59. The zero-order valence-electron chi connectivity index (χ0n) is 12.2. The van der Waals surface area contributed by atoms with Crippen molar-refractivity contribution in [3.8, 4) is 5.75 Å². The quantitative estimate of drug-likeness (QED) is 0.773. The maximum absolute atomic E-state index is 11.6. The Balaban J connectivity index is 1.77. The van der Waals surface area contributed by atoms with Gasteiger partial charge in [0.2, 0.25) is 0 Å². The number of anilines is 1. The Morgan fingerprint density at radius 2 is 1.95 bits per heavy atom. The van der Waals surface area contributed by atoms with E-state index in [4.69, 9.17) is 4.74 Å². The average Bonchev–Trinajstić information content (AvgIpc) is 2.94. The molecule has 0 atom stereocenters. The van der Waals surface area contributed by atoms with Crippen LogP contribution in [0.3, 0.4) is 0 Å². The second-order valence-corrected chi connectivity index (χ2v) is 5.28. The van der Waals surface area contributed by atoms with Crippen LogP contribution in [-0.4, -0.2) is 18.7 Å². The van der Waals surface area contributed by atoms with Crippen LogP contribution in [0.25, 0.3) is 0 Å². The monoisotopic (exact) mass is 276 g/mol. The normalized spacial score (nSPS) is 15.1. The lowest BCUT2D eigenvalue weighted by Gasteiger charge is -2.13. The average molecular weight is 276 g/mol. The van der Waals surface area contributed by atoms with Crippen molar-refractivity contribution in [3.63, 3.8) is 0 Å². The van der Waals surface area contributed by atoms with E-state index in [1.54, 1.807) is 0 Å². The summed E-state index contributed by atoms with van der Waals surface area (Å²) in [4.78, 5) is 11.6. The van der Waals surface area contributed by atoms with Gasteiger partial charge in [-0.05, 0) is 56.4 Å². The highest BCUT2D eigenvalue weighted by Gasteiger charge is 2.16. The fourth-order valence-corrected chi connectivity index (χ4v) is 2.37. The van der Waals surface area contributed by atoms with Crippen LogP contribution in [-0.2, 0) is 0 Å². The third kappa shape index (κ3) is 4.76. The van der Waals surface area contributed by atoms with E-state index in [1.165, 1.54) is 12.8 Å². The molecule has 0 unspecified atom stereocenters. The van der Waals surface area contributed by atoms with Gasteiger partial charge in [-0.1, -0.05) is 13.3 Å². The molecule has 20 heavy (non-hydrogen) atoms. The molecule has 0 saturated heterocycles. The zero-order chi connectivity index (χ0) is 14.2. The maximum atomic E-state index is 11.6. The summed E-state index contributed by atoms with van der Waals surface area (Å²) in [6, 6.07) is 7.44. The molecule has 2 rings (SSSR count). The molecule has 1 aliphatic carbocycles. The third-order valence-corrected chi connectivity index (χ3v) is 3.53. The number of hydrogen-bond acceptors (Lipinski definition) is 2. The first-order valence-corrected chi connectivity index (χ1v) is 7.59. The van der Waals surface area contributed by atoms with Gasteiger partial charge >= 0.3 is 6.03 Å². The Labute approximate surface area is 120 Å². The molecule has 0 aliphatic heterocycles. The van der Waals surface area contributed by atoms with Gasteiger partial charge in [0.25, 0.3) is 0 Å². The SMILES string of the molecule is CCCCNC(=O)Nc1ccc(OC2CCCC2)cc1. The van der Waals surface area contributed by atoms with Gasteiger partial charge < -0.3 is 15.4 Å². The predicted molar refractivity (Wildman–Crippen MR) is 81.3 cm³/mol. The summed E-state index contributed by atoms with van der Waals surface area (Å²) in [7, 11) is 0. The fourth-order valence-electron chi connectivity index (χ4n) is 2.37. The van der Waals surface area contributed by atoms with Gasteiger partial charge in [-0.3, -0.25) is 0 Å². The highest BCUT2D eigenvalue weighted by Crippen LogP contribution is 2.24. The van der Waals surface area contributed by atoms with Crippen molar-refractivity contribution in [2.45, 2.75) is 51.6 Å². The summed E-state index contributed by atoms with van der Waals surface area (Å²) in [5, 5.41) is 5.64. The Kier molecular flexibility index (Phi) is 5.71. The Morgan fingerprint density at radius 1 is 1.25 bits per heavy atom. The second kappa shape index (κ2) is 7.78. The van der Waals surface area contributed by atoms with Gasteiger partial charge in [-0.2, -0.15) is 0 Å². The summed E-state index contributed by atoms with van der Waals surface area (Å²) in [6.45, 7) is 2.81. The van der Waals surface area contributed by atoms with Crippen molar-refractivity contribution in [1.82, 2.24) is 5.32 Å². The van der Waals surface area contributed by atoms with Gasteiger partial charge in [-0.15, -0.1) is 0 Å². The van der Waals surface area contributed by atoms with E-state index in [2.05, 4.69) is 17.6 Å². The molecule has 0 aromatic heterocycles. The molecule has 1 saturated carbocycles. The van der Waals surface area contributed by atoms with Crippen LogP contribution in [0.4, 0.5) is 10.5 Å². The molecule has 0 heterocycles. The van der Waals surface area contributed by atoms with Gasteiger partial charge in [0.1, 0.15) is 5.75 Å². The van der Waals surface area contributed by atoms with Crippen LogP contribution in [0, 0.1) is 0 Å². The van der Waals surface area contributed by atoms with E-state index < -0.39 is 0 Å². The van der Waals surface area contributed by atoms with Crippen LogP contribution in [0.1, 0.15) is 45.4 Å². The molecule has 4 nitrogen and oxygen atoms in total. The molecular formula is C16H24N2O2. The minimum absolute atomic E-state index is 0.150. The molecule has 2 N–H and O–H groups in total. The minimum Gasteiger partial charge on any atom is -0.490 e. The van der Waals surface area contributed by atoms with Crippen molar-refractivity contribution in [1.29, 1.82) is 0 Å². The Morgan fingerprint density at radius 3 is 2.60 bits per heavy atom. The van der Waals surface area contributed by atoms with Crippen LogP contribution in [0.2, 0.25) is 0 Å². The number of nitrogens with one attached hydrogen (secondary N) is 2. The van der Waals surface area contributed by atoms with E-state index in [9.17, 15) is 4.79 Å². The van der Waals surface area contributed by atoms with Gasteiger partial charge in [-0.25, -0.2) is 4.79 Å². The highest BCUT2D eigenvalue weighted by atomic mass is 16.5. The molecule has 2 amide bonds. The minimum atomic E-state index is -0.150. The zero-order valence-corrected chi connectivity index (χ0v) is 12.2. The molecule has 4 heteroatoms. The Bertz CT molecular complexity index is 411. The van der Waals surface area contributed by atoms with Crippen molar-refractivity contribution in [2.75, 3.05) is 11.9 Å². The number of rotatable bonds is 6. The lowest BCUT2D eigenvalue weighted by Crippen LogP contribution is -2.29. The number of hydrogen-bond donors (Lipinski definition) is 2. The third-order valence-electron chi connectivity index (χ3n) is 3.53. The van der Waals surface area contributed by atoms with Crippen molar-refractivity contribution in [3.05, 3.63) is 24.3 Å². The summed E-state index contributed by atoms with van der Waals surface area (Å²) < 4.78 is 5.89. The number of unbranched alkanes of at least 4 members (excludes halogenated alkanes) is 1. The smallest absolute Gasteiger partial charge is 0.319 e. The maximum Gasteiger partial charge on any atom is 0.319 e. The van der Waals surface area contributed by atoms with Crippen molar-refractivity contribution >= 4 is 11.7 Å². The largest absolute Gasteiger partial charge is 0.490 e. The molecular weight excluding hydrogens is 252 g/mol. The van der Waals surface area contributed by atoms with Gasteiger partial charge in [0.05, 0.1) is 6.10 Å². The number of amides is 2. The molecule has 1 fully saturated rings. The molecule has 0 bridgehead atoms. The van der Waals surface area contributed by atoms with Crippen molar-refractivity contribution < 1.29 is 9.53 Å². The van der Waals surface area contributed by atoms with E-state index in [1.807, 2.05) is 24.3 Å². The molecule has 0 spiro atoms. The van der Waals surface area contributed by atoms with Crippen LogP contribution < -0.4 is 15.4 Å². The molecule has 110 valence electrons. The van der Waals surface area contributed by atoms with Gasteiger partial charge in [0, 0.05) is 12.2 Å². The molecule has 0 radical (unpaired) electrons. The number of ether oxygens (including phenoxy) is 1. The number of carbonyl (C=O) groups excluding carboxylic acids is 1. The number of benzene rings is 1.